The molecule has 0 saturated carbocycles. The Balaban J connectivity index is 0.00000341. The highest BCUT2D eigenvalue weighted by atomic mass is 127. The van der Waals surface area contributed by atoms with Crippen LogP contribution in [0.15, 0.2) is 41.4 Å². The number of hydrogen-bond acceptors (Lipinski definition) is 4. The second-order valence-electron chi connectivity index (χ2n) is 7.46. The summed E-state index contributed by atoms with van der Waals surface area (Å²) in [5, 5.41) is 3.43. The summed E-state index contributed by atoms with van der Waals surface area (Å²) < 4.78 is 24.0. The van der Waals surface area contributed by atoms with Gasteiger partial charge < -0.3 is 19.7 Å². The molecule has 3 rings (SSSR count). The van der Waals surface area contributed by atoms with Gasteiger partial charge in [0.2, 0.25) is 0 Å². The summed E-state index contributed by atoms with van der Waals surface area (Å²) in [5.41, 5.74) is 3.65. The van der Waals surface area contributed by atoms with Gasteiger partial charge in [-0.1, -0.05) is 12.1 Å². The van der Waals surface area contributed by atoms with Gasteiger partial charge >= 0.3 is 0 Å². The molecule has 0 bridgehead atoms. The summed E-state index contributed by atoms with van der Waals surface area (Å²) in [6.45, 7) is 4.27. The van der Waals surface area contributed by atoms with E-state index in [4.69, 9.17) is 9.47 Å². The van der Waals surface area contributed by atoms with Crippen molar-refractivity contribution in [3.8, 4) is 11.5 Å². The predicted molar refractivity (Wildman–Crippen MR) is 133 cm³/mol. The Morgan fingerprint density at radius 2 is 1.77 bits per heavy atom. The standard InChI is InChI=1S/C23H31FN4O2.HI/c1-25-23(27(2)15-17-5-7-20(24)8-6-17)26-10-12-28-11-9-18-13-21(29-3)22(30-4)14-19(18)16-28;/h5-8,13-14H,9-12,15-16H2,1-4H3,(H,25,26);1H. The van der Waals surface area contributed by atoms with Gasteiger partial charge in [-0.2, -0.15) is 0 Å². The number of rotatable bonds is 7. The largest absolute Gasteiger partial charge is 0.493 e. The van der Waals surface area contributed by atoms with Gasteiger partial charge in [-0.3, -0.25) is 9.89 Å². The molecule has 2 aromatic rings. The average Bonchev–Trinajstić information content (AvgIpc) is 2.77. The maximum atomic E-state index is 13.1. The van der Waals surface area contributed by atoms with E-state index in [9.17, 15) is 4.39 Å². The highest BCUT2D eigenvalue weighted by Gasteiger charge is 2.19. The highest BCUT2D eigenvalue weighted by molar-refractivity contribution is 14.0. The minimum atomic E-state index is -0.219. The molecule has 1 aliphatic rings. The van der Waals surface area contributed by atoms with E-state index in [0.29, 0.717) is 6.54 Å². The molecule has 0 radical (unpaired) electrons. The van der Waals surface area contributed by atoms with Crippen molar-refractivity contribution < 1.29 is 13.9 Å². The zero-order valence-corrected chi connectivity index (χ0v) is 21.0. The van der Waals surface area contributed by atoms with Crippen LogP contribution in [-0.4, -0.2) is 63.7 Å². The van der Waals surface area contributed by atoms with Gasteiger partial charge in [0.05, 0.1) is 14.2 Å². The third kappa shape index (κ3) is 6.70. The molecule has 0 spiro atoms. The number of benzene rings is 2. The molecule has 0 fully saturated rings. The van der Waals surface area contributed by atoms with Crippen molar-refractivity contribution in [3.05, 3.63) is 58.9 Å². The molecule has 1 aliphatic heterocycles. The second kappa shape index (κ2) is 12.1. The summed E-state index contributed by atoms with van der Waals surface area (Å²) in [6.07, 6.45) is 0.995. The van der Waals surface area contributed by atoms with Crippen molar-refractivity contribution in [2.75, 3.05) is 47.9 Å². The van der Waals surface area contributed by atoms with Gasteiger partial charge in [-0.15, -0.1) is 24.0 Å². The van der Waals surface area contributed by atoms with E-state index in [1.54, 1.807) is 33.4 Å². The molecule has 0 aromatic heterocycles. The van der Waals surface area contributed by atoms with Gasteiger partial charge in [0.1, 0.15) is 5.82 Å². The first-order valence-electron chi connectivity index (χ1n) is 10.2. The van der Waals surface area contributed by atoms with Crippen molar-refractivity contribution in [2.24, 2.45) is 4.99 Å². The number of hydrogen-bond donors (Lipinski definition) is 1. The van der Waals surface area contributed by atoms with Crippen LogP contribution >= 0.6 is 24.0 Å². The smallest absolute Gasteiger partial charge is 0.193 e. The molecule has 0 aliphatic carbocycles. The van der Waals surface area contributed by atoms with Gasteiger partial charge in [0, 0.05) is 46.8 Å². The fraction of sp³-hybridized carbons (Fsp3) is 0.435. The van der Waals surface area contributed by atoms with Crippen LogP contribution < -0.4 is 14.8 Å². The molecule has 1 heterocycles. The van der Waals surface area contributed by atoms with Gasteiger partial charge in [0.15, 0.2) is 17.5 Å². The fourth-order valence-electron chi connectivity index (χ4n) is 3.78. The van der Waals surface area contributed by atoms with Crippen LogP contribution in [-0.2, 0) is 19.5 Å². The maximum Gasteiger partial charge on any atom is 0.193 e. The van der Waals surface area contributed by atoms with Crippen LogP contribution in [0.4, 0.5) is 4.39 Å². The van der Waals surface area contributed by atoms with E-state index in [2.05, 4.69) is 27.3 Å². The minimum Gasteiger partial charge on any atom is -0.493 e. The zero-order valence-electron chi connectivity index (χ0n) is 18.7. The van der Waals surface area contributed by atoms with Crippen LogP contribution in [0, 0.1) is 5.82 Å². The van der Waals surface area contributed by atoms with Crippen LogP contribution in [0.2, 0.25) is 0 Å². The van der Waals surface area contributed by atoms with E-state index < -0.39 is 0 Å². The molecule has 1 N–H and O–H groups in total. The molecule has 170 valence electrons. The van der Waals surface area contributed by atoms with Crippen LogP contribution in [0.3, 0.4) is 0 Å². The van der Waals surface area contributed by atoms with Crippen molar-refractivity contribution in [3.63, 3.8) is 0 Å². The van der Waals surface area contributed by atoms with Gasteiger partial charge in [-0.05, 0) is 47.4 Å². The molecule has 6 nitrogen and oxygen atoms in total. The Morgan fingerprint density at radius 3 is 2.39 bits per heavy atom. The predicted octanol–water partition coefficient (Wildman–Crippen LogP) is 3.53. The summed E-state index contributed by atoms with van der Waals surface area (Å²) >= 11 is 0. The van der Waals surface area contributed by atoms with E-state index in [-0.39, 0.29) is 29.8 Å². The summed E-state index contributed by atoms with van der Waals surface area (Å²) in [6, 6.07) is 10.7. The summed E-state index contributed by atoms with van der Waals surface area (Å²) in [5.74, 6) is 2.17. The van der Waals surface area contributed by atoms with Crippen molar-refractivity contribution in [1.29, 1.82) is 0 Å². The van der Waals surface area contributed by atoms with Crippen LogP contribution in [0.1, 0.15) is 16.7 Å². The topological polar surface area (TPSA) is 49.3 Å². The fourth-order valence-corrected chi connectivity index (χ4v) is 3.78. The number of halogens is 2. The number of aliphatic imine (C=N–C) groups is 1. The number of fused-ring (bicyclic) bond motifs is 1. The molecule has 0 amide bonds. The van der Waals surface area contributed by atoms with Crippen LogP contribution in [0.25, 0.3) is 0 Å². The van der Waals surface area contributed by atoms with E-state index >= 15 is 0 Å². The number of methoxy groups -OCH3 is 2. The van der Waals surface area contributed by atoms with Crippen molar-refractivity contribution in [1.82, 2.24) is 15.1 Å². The number of nitrogens with one attached hydrogen (secondary N) is 1. The first kappa shape index (κ1) is 25.2. The lowest BCUT2D eigenvalue weighted by Gasteiger charge is -2.30. The van der Waals surface area contributed by atoms with E-state index in [1.165, 1.54) is 23.3 Å². The third-order valence-electron chi connectivity index (χ3n) is 5.41. The minimum absolute atomic E-state index is 0. The highest BCUT2D eigenvalue weighted by Crippen LogP contribution is 2.33. The molecule has 31 heavy (non-hydrogen) atoms. The normalized spacial score (nSPS) is 13.8. The van der Waals surface area contributed by atoms with E-state index in [0.717, 1.165) is 55.6 Å². The lowest BCUT2D eigenvalue weighted by atomic mass is 9.99. The summed E-state index contributed by atoms with van der Waals surface area (Å²) in [7, 11) is 7.10. The van der Waals surface area contributed by atoms with Crippen LogP contribution in [0.5, 0.6) is 11.5 Å². The molecule has 0 unspecified atom stereocenters. The molecule has 0 atom stereocenters. The second-order valence-corrected chi connectivity index (χ2v) is 7.46. The van der Waals surface area contributed by atoms with E-state index in [1.807, 2.05) is 11.9 Å². The third-order valence-corrected chi connectivity index (χ3v) is 5.41. The Bertz CT molecular complexity index is 877. The molecular weight excluding hydrogens is 510 g/mol. The molecule has 8 heteroatoms. The Morgan fingerprint density at radius 1 is 1.13 bits per heavy atom. The average molecular weight is 542 g/mol. The summed E-state index contributed by atoms with van der Waals surface area (Å²) in [4.78, 5) is 8.83. The van der Waals surface area contributed by atoms with Gasteiger partial charge in [-0.25, -0.2) is 4.39 Å². The zero-order chi connectivity index (χ0) is 21.5. The Hall–Kier alpha value is -2.07. The SMILES string of the molecule is CN=C(NCCN1CCc2cc(OC)c(OC)cc2C1)N(C)Cc1ccc(F)cc1.I. The molecule has 0 saturated heterocycles. The quantitative estimate of drug-likeness (QED) is 0.330. The first-order chi connectivity index (χ1) is 14.5. The lowest BCUT2D eigenvalue weighted by molar-refractivity contribution is 0.255. The molecular formula is C23H32FIN4O2. The number of ether oxygens (including phenoxy) is 2. The van der Waals surface area contributed by atoms with Crippen molar-refractivity contribution in [2.45, 2.75) is 19.5 Å². The number of nitrogens with zero attached hydrogens (tertiary/aromatic N) is 3. The Labute approximate surface area is 201 Å². The Kier molecular flexibility index (Phi) is 9.83. The van der Waals surface area contributed by atoms with Crippen molar-refractivity contribution >= 4 is 29.9 Å². The monoisotopic (exact) mass is 542 g/mol. The lowest BCUT2D eigenvalue weighted by Crippen LogP contribution is -2.43. The van der Waals surface area contributed by atoms with Gasteiger partial charge in [0.25, 0.3) is 0 Å². The maximum absolute atomic E-state index is 13.1. The molecule has 2 aromatic carbocycles. The first-order valence-corrected chi connectivity index (χ1v) is 10.2. The number of guanidine groups is 1.